The van der Waals surface area contributed by atoms with Crippen LogP contribution in [0.2, 0.25) is 0 Å². The smallest absolute Gasteiger partial charge is 0.224 e. The van der Waals surface area contributed by atoms with Crippen molar-refractivity contribution in [3.8, 4) is 0 Å². The van der Waals surface area contributed by atoms with E-state index in [0.717, 1.165) is 5.75 Å². The number of hydrogen-bond donors (Lipinski definition) is 1. The molecule has 0 radical (unpaired) electrons. The Kier molecular flexibility index (Phi) is 3.96. The van der Waals surface area contributed by atoms with Gasteiger partial charge in [0.25, 0.3) is 0 Å². The second kappa shape index (κ2) is 5.31. The summed E-state index contributed by atoms with van der Waals surface area (Å²) in [6.07, 6.45) is 2.91. The van der Waals surface area contributed by atoms with Crippen LogP contribution in [0.3, 0.4) is 0 Å². The van der Waals surface area contributed by atoms with Crippen LogP contribution in [-0.4, -0.2) is 55.1 Å². The molecule has 2 rings (SSSR count). The molecule has 18 heavy (non-hydrogen) atoms. The molecule has 1 N–H and O–H groups in total. The molecule has 0 aliphatic carbocycles. The Hall–Kier alpha value is -1.02. The SMILES string of the molecule is CNc1nccc(N2CCSCC2S(C)(=O)=O)n1. The van der Waals surface area contributed by atoms with Crippen molar-refractivity contribution in [2.24, 2.45) is 0 Å². The highest BCUT2D eigenvalue weighted by Gasteiger charge is 2.31. The molecule has 0 amide bonds. The first-order chi connectivity index (χ1) is 8.52. The minimum atomic E-state index is -3.12. The molecule has 1 fully saturated rings. The maximum absolute atomic E-state index is 11.8. The molecule has 1 aromatic rings. The number of nitrogens with zero attached hydrogens (tertiary/aromatic N) is 3. The molecule has 8 heteroatoms. The number of thioether (sulfide) groups is 1. The third-order valence-corrected chi connectivity index (χ3v) is 5.38. The second-order valence-electron chi connectivity index (χ2n) is 4.04. The molecule has 0 aromatic carbocycles. The molecule has 2 heterocycles. The molecule has 0 bridgehead atoms. The Morgan fingerprint density at radius 2 is 2.33 bits per heavy atom. The van der Waals surface area contributed by atoms with Crippen LogP contribution >= 0.6 is 11.8 Å². The van der Waals surface area contributed by atoms with Crippen LogP contribution in [0.25, 0.3) is 0 Å². The average Bonchev–Trinajstić information content (AvgIpc) is 2.38. The molecule has 0 spiro atoms. The summed E-state index contributed by atoms with van der Waals surface area (Å²) in [5.41, 5.74) is 0. The van der Waals surface area contributed by atoms with Gasteiger partial charge in [0.15, 0.2) is 9.84 Å². The monoisotopic (exact) mass is 288 g/mol. The van der Waals surface area contributed by atoms with Gasteiger partial charge in [-0.1, -0.05) is 0 Å². The Balaban J connectivity index is 2.33. The highest BCUT2D eigenvalue weighted by atomic mass is 32.2. The van der Waals surface area contributed by atoms with E-state index < -0.39 is 15.2 Å². The van der Waals surface area contributed by atoms with Crippen LogP contribution < -0.4 is 10.2 Å². The molecule has 1 aromatic heterocycles. The fourth-order valence-corrected chi connectivity index (χ4v) is 4.65. The van der Waals surface area contributed by atoms with Crippen LogP contribution in [0.4, 0.5) is 11.8 Å². The van der Waals surface area contributed by atoms with Gasteiger partial charge in [-0.3, -0.25) is 0 Å². The summed E-state index contributed by atoms with van der Waals surface area (Å²) in [6.45, 7) is 0.683. The Bertz CT molecular complexity index is 520. The number of rotatable bonds is 3. The van der Waals surface area contributed by atoms with E-state index in [0.29, 0.717) is 24.1 Å². The summed E-state index contributed by atoms with van der Waals surface area (Å²) < 4.78 is 23.6. The third-order valence-electron chi connectivity index (χ3n) is 2.74. The van der Waals surface area contributed by atoms with Gasteiger partial charge in [0, 0.05) is 37.6 Å². The number of hydrogen-bond acceptors (Lipinski definition) is 7. The first-order valence-corrected chi connectivity index (χ1v) is 8.67. The van der Waals surface area contributed by atoms with Gasteiger partial charge in [-0.25, -0.2) is 13.4 Å². The lowest BCUT2D eigenvalue weighted by molar-refractivity contribution is 0.583. The lowest BCUT2D eigenvalue weighted by atomic mass is 10.4. The fourth-order valence-electron chi connectivity index (χ4n) is 1.83. The zero-order chi connectivity index (χ0) is 13.2. The van der Waals surface area contributed by atoms with Gasteiger partial charge in [0.05, 0.1) is 0 Å². The molecule has 1 saturated heterocycles. The van der Waals surface area contributed by atoms with Gasteiger partial charge in [0.2, 0.25) is 5.95 Å². The standard InChI is InChI=1S/C10H16N4O2S2/c1-11-10-12-4-3-8(13-10)14-5-6-17-7-9(14)18(2,15)16/h3-4,9H,5-7H2,1-2H3,(H,11,12,13). The lowest BCUT2D eigenvalue weighted by Crippen LogP contribution is -2.47. The van der Waals surface area contributed by atoms with Crippen molar-refractivity contribution in [1.82, 2.24) is 9.97 Å². The van der Waals surface area contributed by atoms with Gasteiger partial charge in [-0.05, 0) is 6.07 Å². The maximum atomic E-state index is 11.8. The number of nitrogens with one attached hydrogen (secondary N) is 1. The van der Waals surface area contributed by atoms with E-state index in [1.807, 2.05) is 4.90 Å². The van der Waals surface area contributed by atoms with Gasteiger partial charge < -0.3 is 10.2 Å². The fraction of sp³-hybridized carbons (Fsp3) is 0.600. The lowest BCUT2D eigenvalue weighted by Gasteiger charge is -2.34. The topological polar surface area (TPSA) is 75.2 Å². The van der Waals surface area contributed by atoms with Gasteiger partial charge in [0.1, 0.15) is 11.2 Å². The van der Waals surface area contributed by atoms with Crippen LogP contribution in [0.5, 0.6) is 0 Å². The number of sulfone groups is 1. The van der Waals surface area contributed by atoms with E-state index in [-0.39, 0.29) is 0 Å². The average molecular weight is 288 g/mol. The normalized spacial score (nSPS) is 20.8. The summed E-state index contributed by atoms with van der Waals surface area (Å²) in [6, 6.07) is 1.75. The molecule has 1 aliphatic heterocycles. The zero-order valence-corrected chi connectivity index (χ0v) is 12.0. The maximum Gasteiger partial charge on any atom is 0.224 e. The molecule has 1 atom stereocenters. The Morgan fingerprint density at radius 1 is 1.56 bits per heavy atom. The summed E-state index contributed by atoms with van der Waals surface area (Å²) in [7, 11) is -1.38. The van der Waals surface area contributed by atoms with Crippen LogP contribution in [0.15, 0.2) is 12.3 Å². The van der Waals surface area contributed by atoms with Crippen molar-refractivity contribution in [2.45, 2.75) is 5.37 Å². The van der Waals surface area contributed by atoms with E-state index in [1.54, 1.807) is 31.1 Å². The largest absolute Gasteiger partial charge is 0.357 e. The van der Waals surface area contributed by atoms with Gasteiger partial charge in [-0.2, -0.15) is 16.7 Å². The van der Waals surface area contributed by atoms with Crippen LogP contribution in [0, 0.1) is 0 Å². The van der Waals surface area contributed by atoms with Crippen molar-refractivity contribution in [3.63, 3.8) is 0 Å². The number of aromatic nitrogens is 2. The van der Waals surface area contributed by atoms with E-state index in [9.17, 15) is 8.42 Å². The van der Waals surface area contributed by atoms with Crippen molar-refractivity contribution < 1.29 is 8.42 Å². The molecular weight excluding hydrogens is 272 g/mol. The van der Waals surface area contributed by atoms with Crippen molar-refractivity contribution in [1.29, 1.82) is 0 Å². The highest BCUT2D eigenvalue weighted by Crippen LogP contribution is 2.25. The van der Waals surface area contributed by atoms with Crippen molar-refractivity contribution in [2.75, 3.05) is 41.6 Å². The first-order valence-electron chi connectivity index (χ1n) is 5.56. The van der Waals surface area contributed by atoms with Gasteiger partial charge >= 0.3 is 0 Å². The third kappa shape index (κ3) is 2.86. The zero-order valence-electron chi connectivity index (χ0n) is 10.3. The molecule has 0 saturated carbocycles. The summed E-state index contributed by atoms with van der Waals surface area (Å²) in [5, 5.41) is 2.35. The molecule has 100 valence electrons. The van der Waals surface area contributed by atoms with E-state index >= 15 is 0 Å². The molecule has 1 unspecified atom stereocenters. The molecular formula is C10H16N4O2S2. The minimum Gasteiger partial charge on any atom is -0.357 e. The van der Waals surface area contributed by atoms with E-state index in [2.05, 4.69) is 15.3 Å². The van der Waals surface area contributed by atoms with Crippen LogP contribution in [0.1, 0.15) is 0 Å². The van der Waals surface area contributed by atoms with E-state index in [1.165, 1.54) is 6.26 Å². The predicted molar refractivity (Wildman–Crippen MR) is 74.9 cm³/mol. The summed E-state index contributed by atoms with van der Waals surface area (Å²) >= 11 is 1.66. The van der Waals surface area contributed by atoms with Crippen molar-refractivity contribution >= 4 is 33.4 Å². The second-order valence-corrected chi connectivity index (χ2v) is 7.39. The first kappa shape index (κ1) is 13.4. The quantitative estimate of drug-likeness (QED) is 0.865. The summed E-state index contributed by atoms with van der Waals surface area (Å²) in [4.78, 5) is 10.2. The Labute approximate surface area is 111 Å². The van der Waals surface area contributed by atoms with Gasteiger partial charge in [-0.15, -0.1) is 0 Å². The van der Waals surface area contributed by atoms with Crippen molar-refractivity contribution in [3.05, 3.63) is 12.3 Å². The molecule has 1 aliphatic rings. The predicted octanol–water partition coefficient (Wildman–Crippen LogP) is 0.442. The Morgan fingerprint density at radius 3 is 3.00 bits per heavy atom. The van der Waals surface area contributed by atoms with E-state index in [4.69, 9.17) is 0 Å². The molecule has 6 nitrogen and oxygen atoms in total. The number of anilines is 2. The minimum absolute atomic E-state index is 0.498. The highest BCUT2D eigenvalue weighted by molar-refractivity contribution is 8.01. The van der Waals surface area contributed by atoms with Crippen LogP contribution in [-0.2, 0) is 9.84 Å². The summed E-state index contributed by atoms with van der Waals surface area (Å²) in [5.74, 6) is 2.64.